The van der Waals surface area contributed by atoms with Gasteiger partial charge < -0.3 is 10.8 Å². The van der Waals surface area contributed by atoms with Crippen LogP contribution in [-0.2, 0) is 26.7 Å². The number of piperidine rings is 1. The Hall–Kier alpha value is -3.41. The van der Waals surface area contributed by atoms with Crippen LogP contribution in [0.3, 0.4) is 0 Å². The van der Waals surface area contributed by atoms with Crippen molar-refractivity contribution < 1.29 is 5.11 Å². The van der Waals surface area contributed by atoms with Crippen LogP contribution in [0.1, 0.15) is 29.0 Å². The molecule has 1 saturated heterocycles. The Kier molecular flexibility index (Phi) is 7.52. The molecule has 3 aromatic heterocycles. The summed E-state index contributed by atoms with van der Waals surface area (Å²) in [6.07, 6.45) is 4.48. The molecule has 11 heteroatoms. The van der Waals surface area contributed by atoms with E-state index in [1.54, 1.807) is 23.1 Å². The first-order valence-corrected chi connectivity index (χ1v) is 14.8. The quantitative estimate of drug-likeness (QED) is 0.290. The lowest BCUT2D eigenvalue weighted by Gasteiger charge is -2.38. The molecule has 0 saturated carbocycles. The van der Waals surface area contributed by atoms with E-state index in [1.807, 2.05) is 43.5 Å². The summed E-state index contributed by atoms with van der Waals surface area (Å²) in [4.78, 5) is 25.7. The Morgan fingerprint density at radius 3 is 2.46 bits per heavy atom. The van der Waals surface area contributed by atoms with Crippen LogP contribution in [0.2, 0.25) is 5.02 Å². The van der Waals surface area contributed by atoms with Crippen LogP contribution in [0, 0.1) is 6.92 Å². The molecule has 0 unspecified atom stereocenters. The van der Waals surface area contributed by atoms with E-state index in [9.17, 15) is 9.90 Å². The number of nitrogens with zero attached hydrogens (tertiary/aromatic N) is 6. The second kappa shape index (κ2) is 11.1. The third-order valence-corrected chi connectivity index (χ3v) is 9.19. The first-order valence-electron chi connectivity index (χ1n) is 13.6. The van der Waals surface area contributed by atoms with E-state index in [4.69, 9.17) is 17.3 Å². The first-order chi connectivity index (χ1) is 19.7. The van der Waals surface area contributed by atoms with Crippen molar-refractivity contribution in [3.63, 3.8) is 0 Å². The van der Waals surface area contributed by atoms with Crippen LogP contribution in [-0.4, -0.2) is 53.0 Å². The summed E-state index contributed by atoms with van der Waals surface area (Å²) in [7, 11) is 1.81. The molecule has 41 heavy (non-hydrogen) atoms. The zero-order valence-corrected chi connectivity index (χ0v) is 24.6. The SMILES string of the molecule is Cc1ncc(-c2ccc(CN3CCC(O)(Cn4cnc5c(-c6ccc(CN)cc6)n(C)nc5c4=O)CC3)c(Cl)c2)s1. The van der Waals surface area contributed by atoms with Gasteiger partial charge in [-0.2, -0.15) is 5.10 Å². The molecular weight excluding hydrogens is 558 g/mol. The molecule has 212 valence electrons. The molecule has 1 aliphatic heterocycles. The van der Waals surface area contributed by atoms with E-state index in [2.05, 4.69) is 32.1 Å². The maximum atomic E-state index is 13.4. The van der Waals surface area contributed by atoms with E-state index in [1.165, 1.54) is 10.9 Å². The second-order valence-electron chi connectivity index (χ2n) is 10.8. The topological polar surface area (TPSA) is 115 Å². The molecule has 0 spiro atoms. The van der Waals surface area contributed by atoms with Gasteiger partial charge in [0.2, 0.25) is 0 Å². The van der Waals surface area contributed by atoms with Gasteiger partial charge in [-0.05, 0) is 42.5 Å². The number of fused-ring (bicyclic) bond motifs is 1. The maximum absolute atomic E-state index is 13.4. The van der Waals surface area contributed by atoms with Gasteiger partial charge in [-0.3, -0.25) is 18.9 Å². The number of halogens is 1. The molecule has 0 radical (unpaired) electrons. The summed E-state index contributed by atoms with van der Waals surface area (Å²) in [5.74, 6) is 0. The summed E-state index contributed by atoms with van der Waals surface area (Å²) in [5.41, 5.74) is 10.1. The van der Waals surface area contributed by atoms with Gasteiger partial charge in [0.1, 0.15) is 5.52 Å². The normalized spacial score (nSPS) is 15.5. The van der Waals surface area contributed by atoms with Crippen LogP contribution in [0.15, 0.2) is 59.8 Å². The lowest BCUT2D eigenvalue weighted by molar-refractivity contribution is -0.0364. The summed E-state index contributed by atoms with van der Waals surface area (Å²) in [6, 6.07) is 14.0. The van der Waals surface area contributed by atoms with Crippen LogP contribution >= 0.6 is 22.9 Å². The van der Waals surface area contributed by atoms with Gasteiger partial charge in [0, 0.05) is 50.0 Å². The fourth-order valence-electron chi connectivity index (χ4n) is 5.50. The molecule has 1 fully saturated rings. The zero-order valence-electron chi connectivity index (χ0n) is 23.0. The minimum atomic E-state index is -1.01. The molecule has 4 heterocycles. The Labute approximate surface area is 246 Å². The number of aliphatic hydroxyl groups is 1. The van der Waals surface area contributed by atoms with Crippen LogP contribution < -0.4 is 11.3 Å². The van der Waals surface area contributed by atoms with Crippen LogP contribution in [0.25, 0.3) is 32.7 Å². The van der Waals surface area contributed by atoms with Gasteiger partial charge in [-0.15, -0.1) is 11.3 Å². The highest BCUT2D eigenvalue weighted by atomic mass is 35.5. The van der Waals surface area contributed by atoms with E-state index in [-0.39, 0.29) is 12.1 Å². The van der Waals surface area contributed by atoms with Crippen molar-refractivity contribution in [1.29, 1.82) is 0 Å². The van der Waals surface area contributed by atoms with Crippen molar-refractivity contribution in [2.75, 3.05) is 13.1 Å². The fourth-order valence-corrected chi connectivity index (χ4v) is 6.51. The number of hydrogen-bond acceptors (Lipinski definition) is 8. The van der Waals surface area contributed by atoms with Gasteiger partial charge in [0.05, 0.1) is 34.1 Å². The minimum absolute atomic E-state index is 0.170. The van der Waals surface area contributed by atoms with Crippen molar-refractivity contribution in [3.05, 3.63) is 86.5 Å². The zero-order chi connectivity index (χ0) is 28.7. The Morgan fingerprint density at radius 2 is 1.80 bits per heavy atom. The average molecular weight is 590 g/mol. The highest BCUT2D eigenvalue weighted by molar-refractivity contribution is 7.15. The highest BCUT2D eigenvalue weighted by Crippen LogP contribution is 2.32. The van der Waals surface area contributed by atoms with Crippen molar-refractivity contribution in [2.45, 2.75) is 45.0 Å². The lowest BCUT2D eigenvalue weighted by atomic mass is 9.91. The largest absolute Gasteiger partial charge is 0.388 e. The molecule has 0 aliphatic carbocycles. The molecule has 0 amide bonds. The Bertz CT molecular complexity index is 1770. The van der Waals surface area contributed by atoms with E-state index >= 15 is 0 Å². The average Bonchev–Trinajstić information content (AvgIpc) is 3.55. The van der Waals surface area contributed by atoms with Gasteiger partial charge in [-0.25, -0.2) is 9.97 Å². The van der Waals surface area contributed by atoms with E-state index in [0.29, 0.717) is 50.1 Å². The molecule has 3 N–H and O–H groups in total. The Morgan fingerprint density at radius 1 is 1.07 bits per heavy atom. The predicted octanol–water partition coefficient (Wildman–Crippen LogP) is 4.37. The molecule has 0 bridgehead atoms. The summed E-state index contributed by atoms with van der Waals surface area (Å²) < 4.78 is 3.17. The second-order valence-corrected chi connectivity index (χ2v) is 12.4. The number of aryl methyl sites for hydroxylation is 2. The third-order valence-electron chi connectivity index (χ3n) is 7.88. The van der Waals surface area contributed by atoms with E-state index in [0.717, 1.165) is 42.9 Å². The van der Waals surface area contributed by atoms with Crippen LogP contribution in [0.5, 0.6) is 0 Å². The van der Waals surface area contributed by atoms with Crippen molar-refractivity contribution in [1.82, 2.24) is 29.2 Å². The van der Waals surface area contributed by atoms with Gasteiger partial charge in [0.25, 0.3) is 5.56 Å². The molecular formula is C30H32ClN7O2S. The molecule has 5 aromatic rings. The fraction of sp³-hybridized carbons (Fsp3) is 0.333. The molecule has 1 aliphatic rings. The molecule has 9 nitrogen and oxygen atoms in total. The number of benzene rings is 2. The standard InChI is InChI=1S/C30H32ClN7O2S/c1-19-33-15-25(41-19)22-7-8-23(24(31)13-22)16-37-11-9-30(40,10-12-37)17-38-18-34-26-27(29(38)39)35-36(2)28(26)21-5-3-20(14-32)4-6-21/h3-8,13,15,18,40H,9-12,14,16-17,32H2,1-2H3. The summed E-state index contributed by atoms with van der Waals surface area (Å²) in [5, 5.41) is 17.7. The number of likely N-dealkylation sites (tertiary alicyclic amines) is 1. The number of thiazole rings is 1. The highest BCUT2D eigenvalue weighted by Gasteiger charge is 2.33. The van der Waals surface area contributed by atoms with Crippen molar-refractivity contribution in [2.24, 2.45) is 12.8 Å². The Balaban J connectivity index is 1.14. The van der Waals surface area contributed by atoms with Gasteiger partial charge in [0.15, 0.2) is 5.52 Å². The minimum Gasteiger partial charge on any atom is -0.388 e. The maximum Gasteiger partial charge on any atom is 0.281 e. The van der Waals surface area contributed by atoms with Crippen LogP contribution in [0.4, 0.5) is 0 Å². The summed E-state index contributed by atoms with van der Waals surface area (Å²) >= 11 is 8.30. The van der Waals surface area contributed by atoms with E-state index < -0.39 is 5.60 Å². The number of rotatable bonds is 7. The smallest absolute Gasteiger partial charge is 0.281 e. The van der Waals surface area contributed by atoms with Crippen molar-refractivity contribution in [3.8, 4) is 21.7 Å². The molecule has 0 atom stereocenters. The monoisotopic (exact) mass is 589 g/mol. The number of hydrogen-bond donors (Lipinski definition) is 2. The van der Waals surface area contributed by atoms with Crippen molar-refractivity contribution >= 4 is 34.0 Å². The number of aromatic nitrogens is 5. The van der Waals surface area contributed by atoms with Gasteiger partial charge >= 0.3 is 0 Å². The summed E-state index contributed by atoms with van der Waals surface area (Å²) in [6.45, 7) is 4.71. The predicted molar refractivity (Wildman–Crippen MR) is 163 cm³/mol. The third kappa shape index (κ3) is 5.58. The molecule has 6 rings (SSSR count). The number of nitrogens with two attached hydrogens (primary N) is 1. The first kappa shape index (κ1) is 27.7. The van der Waals surface area contributed by atoms with Gasteiger partial charge in [-0.1, -0.05) is 48.0 Å². The molecule has 2 aromatic carbocycles. The lowest BCUT2D eigenvalue weighted by Crippen LogP contribution is -2.47.